The fourth-order valence-corrected chi connectivity index (χ4v) is 13.5. The molecule has 1 saturated heterocycles. The number of hydrogen-bond donors (Lipinski definition) is 0. The van der Waals surface area contributed by atoms with Crippen molar-refractivity contribution in [1.29, 1.82) is 0 Å². The standard InChI is InChI=1S/C34H40N2O5S2Si/c1-34(2,3)44(26-12-8-6-9-13-26,27-14-10-7-11-15-27)40-21-31-32(43-24-36-19-18-35-23-36)30(22-42-31)41-33(37)28-17-16-25(38-4)20-29(28)39-5/h6-20,23,30-32H,21-22,24H2,1-5H3/t30-,31-,32+/m1/s1. The molecule has 0 aliphatic carbocycles. The van der Waals surface area contributed by atoms with Gasteiger partial charge < -0.3 is 23.2 Å². The zero-order valence-electron chi connectivity index (χ0n) is 25.8. The Balaban J connectivity index is 1.42. The zero-order chi connectivity index (χ0) is 31.2. The van der Waals surface area contributed by atoms with Gasteiger partial charge >= 0.3 is 5.97 Å². The third-order valence-electron chi connectivity index (χ3n) is 7.95. The van der Waals surface area contributed by atoms with E-state index in [2.05, 4.69) is 86.4 Å². The summed E-state index contributed by atoms with van der Waals surface area (Å²) < 4.78 is 26.4. The lowest BCUT2D eigenvalue weighted by Gasteiger charge is -2.43. The summed E-state index contributed by atoms with van der Waals surface area (Å²) in [7, 11) is 0.399. The lowest BCUT2D eigenvalue weighted by Crippen LogP contribution is -2.67. The molecule has 3 aromatic carbocycles. The fourth-order valence-electron chi connectivity index (χ4n) is 5.78. The van der Waals surface area contributed by atoms with E-state index < -0.39 is 14.3 Å². The molecule has 0 spiro atoms. The fraction of sp³-hybridized carbons (Fsp3) is 0.353. The van der Waals surface area contributed by atoms with E-state index in [0.717, 1.165) is 0 Å². The van der Waals surface area contributed by atoms with Crippen molar-refractivity contribution >= 4 is 48.2 Å². The van der Waals surface area contributed by atoms with Gasteiger partial charge in [-0.15, -0.1) is 11.8 Å². The summed E-state index contributed by atoms with van der Waals surface area (Å²) in [5.41, 5.74) is 0.378. The highest BCUT2D eigenvalue weighted by Gasteiger charge is 2.51. The van der Waals surface area contributed by atoms with Gasteiger partial charge in [-0.1, -0.05) is 81.4 Å². The molecule has 0 radical (unpaired) electrons. The molecule has 7 nitrogen and oxygen atoms in total. The number of hydrogen-bond acceptors (Lipinski definition) is 8. The zero-order valence-corrected chi connectivity index (χ0v) is 28.5. The van der Waals surface area contributed by atoms with E-state index in [1.807, 2.05) is 28.9 Å². The smallest absolute Gasteiger partial charge is 0.342 e. The largest absolute Gasteiger partial charge is 0.497 e. The van der Waals surface area contributed by atoms with Gasteiger partial charge in [0.05, 0.1) is 31.7 Å². The first kappa shape index (κ1) is 32.2. The highest BCUT2D eigenvalue weighted by atomic mass is 32.2. The number of esters is 1. The van der Waals surface area contributed by atoms with Crippen molar-refractivity contribution in [2.45, 2.75) is 48.3 Å². The Morgan fingerprint density at radius 1 is 1.00 bits per heavy atom. The minimum Gasteiger partial charge on any atom is -0.497 e. The monoisotopic (exact) mass is 648 g/mol. The van der Waals surface area contributed by atoms with Crippen LogP contribution >= 0.6 is 23.5 Å². The minimum absolute atomic E-state index is 0.00816. The van der Waals surface area contributed by atoms with E-state index in [0.29, 0.717) is 35.3 Å². The van der Waals surface area contributed by atoms with Crippen molar-refractivity contribution in [3.8, 4) is 11.5 Å². The van der Waals surface area contributed by atoms with Gasteiger partial charge in [0.25, 0.3) is 8.32 Å². The SMILES string of the molecule is COc1ccc(C(=O)O[C@@H]2CS[C@H](CO[Si](c3ccccc3)(c3ccccc3)C(C)(C)C)[C@H]2SCn2ccnc2)c(OC)c1. The number of imidazole rings is 1. The van der Waals surface area contributed by atoms with Crippen LogP contribution in [0.1, 0.15) is 31.1 Å². The molecule has 5 rings (SSSR count). The molecule has 2 heterocycles. The van der Waals surface area contributed by atoms with Crippen LogP contribution in [-0.2, 0) is 15.0 Å². The molecule has 3 atom stereocenters. The van der Waals surface area contributed by atoms with Crippen molar-refractivity contribution in [2.75, 3.05) is 26.6 Å². The van der Waals surface area contributed by atoms with Crippen LogP contribution in [0, 0.1) is 0 Å². The van der Waals surface area contributed by atoms with Crippen LogP contribution in [-0.4, -0.2) is 67.0 Å². The highest BCUT2D eigenvalue weighted by molar-refractivity contribution is 8.04. The summed E-state index contributed by atoms with van der Waals surface area (Å²) in [5, 5.41) is 2.49. The van der Waals surface area contributed by atoms with Crippen molar-refractivity contribution < 1.29 is 23.4 Å². The predicted molar refractivity (Wildman–Crippen MR) is 182 cm³/mol. The van der Waals surface area contributed by atoms with E-state index in [1.54, 1.807) is 50.4 Å². The van der Waals surface area contributed by atoms with Crippen LogP contribution in [0.15, 0.2) is 97.6 Å². The molecule has 0 amide bonds. The first-order valence-corrected chi connectivity index (χ1v) is 18.6. The molecule has 1 aromatic heterocycles. The number of ether oxygens (including phenoxy) is 3. The van der Waals surface area contributed by atoms with E-state index >= 15 is 0 Å². The number of benzene rings is 3. The molecule has 0 saturated carbocycles. The van der Waals surface area contributed by atoms with E-state index in [1.165, 1.54) is 10.4 Å². The summed E-state index contributed by atoms with van der Waals surface area (Å²) >= 11 is 3.58. The first-order valence-electron chi connectivity index (χ1n) is 14.6. The van der Waals surface area contributed by atoms with Gasteiger partial charge in [-0.2, -0.15) is 11.8 Å². The highest BCUT2D eigenvalue weighted by Crippen LogP contribution is 2.42. The van der Waals surface area contributed by atoms with Crippen molar-refractivity contribution in [2.24, 2.45) is 0 Å². The molecule has 1 aliphatic heterocycles. The average molecular weight is 649 g/mol. The van der Waals surface area contributed by atoms with Gasteiger partial charge in [0.15, 0.2) is 0 Å². The molecule has 0 N–H and O–H groups in total. The maximum Gasteiger partial charge on any atom is 0.342 e. The molecular formula is C34H40N2O5S2Si. The van der Waals surface area contributed by atoms with Crippen molar-refractivity contribution in [3.63, 3.8) is 0 Å². The van der Waals surface area contributed by atoms with Crippen molar-refractivity contribution in [3.05, 3.63) is 103 Å². The maximum absolute atomic E-state index is 13.5. The summed E-state index contributed by atoms with van der Waals surface area (Å²) in [6.07, 6.45) is 5.24. The topological polar surface area (TPSA) is 71.8 Å². The Morgan fingerprint density at radius 3 is 2.25 bits per heavy atom. The Morgan fingerprint density at radius 2 is 1.68 bits per heavy atom. The minimum atomic E-state index is -2.72. The lowest BCUT2D eigenvalue weighted by atomic mass is 10.1. The normalized spacial score (nSPS) is 18.6. The second-order valence-electron chi connectivity index (χ2n) is 11.7. The maximum atomic E-state index is 13.5. The van der Waals surface area contributed by atoms with Crippen LogP contribution in [0.2, 0.25) is 5.04 Å². The van der Waals surface area contributed by atoms with Crippen LogP contribution in [0.5, 0.6) is 11.5 Å². The summed E-state index contributed by atoms with van der Waals surface area (Å²) in [6.45, 7) is 7.41. The lowest BCUT2D eigenvalue weighted by molar-refractivity contribution is 0.0350. The molecule has 1 fully saturated rings. The summed E-state index contributed by atoms with van der Waals surface area (Å²) in [6, 6.07) is 26.5. The van der Waals surface area contributed by atoms with Gasteiger partial charge in [0.1, 0.15) is 23.2 Å². The molecule has 44 heavy (non-hydrogen) atoms. The second-order valence-corrected chi connectivity index (χ2v) is 18.4. The Hall–Kier alpha value is -3.18. The third-order valence-corrected chi connectivity index (χ3v) is 16.0. The first-order chi connectivity index (χ1) is 21.3. The second kappa shape index (κ2) is 14.3. The van der Waals surface area contributed by atoms with Gasteiger partial charge in [0, 0.05) is 36.1 Å². The Labute approximate surface area is 269 Å². The number of carbonyl (C=O) groups is 1. The van der Waals surface area contributed by atoms with Gasteiger partial charge in [-0.05, 0) is 27.5 Å². The molecule has 4 aromatic rings. The predicted octanol–water partition coefficient (Wildman–Crippen LogP) is 5.88. The van der Waals surface area contributed by atoms with E-state index in [4.69, 9.17) is 18.6 Å². The van der Waals surface area contributed by atoms with E-state index in [-0.39, 0.29) is 21.6 Å². The van der Waals surface area contributed by atoms with Gasteiger partial charge in [0.2, 0.25) is 0 Å². The Bertz CT molecular complexity index is 1460. The molecule has 1 aliphatic rings. The number of aromatic nitrogens is 2. The third kappa shape index (κ3) is 6.88. The number of thioether (sulfide) groups is 2. The van der Waals surface area contributed by atoms with Gasteiger partial charge in [-0.3, -0.25) is 0 Å². The average Bonchev–Trinajstić information content (AvgIpc) is 3.70. The summed E-state index contributed by atoms with van der Waals surface area (Å²) in [4.78, 5) is 17.7. The molecule has 0 unspecified atom stereocenters. The van der Waals surface area contributed by atoms with Crippen LogP contribution < -0.4 is 19.8 Å². The van der Waals surface area contributed by atoms with Crippen molar-refractivity contribution in [1.82, 2.24) is 9.55 Å². The number of nitrogens with zero attached hydrogens (tertiary/aromatic N) is 2. The van der Waals surface area contributed by atoms with Crippen LogP contribution in [0.3, 0.4) is 0 Å². The van der Waals surface area contributed by atoms with Gasteiger partial charge in [-0.25, -0.2) is 9.78 Å². The van der Waals surface area contributed by atoms with E-state index in [9.17, 15) is 4.79 Å². The number of rotatable bonds is 12. The summed E-state index contributed by atoms with van der Waals surface area (Å²) in [5.74, 6) is 2.01. The molecular weight excluding hydrogens is 609 g/mol. The Kier molecular flexibility index (Phi) is 10.5. The number of carbonyl (C=O) groups excluding carboxylic acids is 1. The van der Waals surface area contributed by atoms with Crippen LogP contribution in [0.25, 0.3) is 0 Å². The number of methoxy groups -OCH3 is 2. The molecule has 10 heteroatoms. The molecule has 232 valence electrons. The molecule has 0 bridgehead atoms. The van der Waals surface area contributed by atoms with Crippen LogP contribution in [0.4, 0.5) is 0 Å². The quantitative estimate of drug-likeness (QED) is 0.139.